The number of pyridine rings is 1. The van der Waals surface area contributed by atoms with Gasteiger partial charge in [-0.15, -0.1) is 0 Å². The zero-order valence-electron chi connectivity index (χ0n) is 20.2. The molecule has 0 aliphatic carbocycles. The molecule has 194 valence electrons. The number of rotatable bonds is 10. The fourth-order valence-corrected chi connectivity index (χ4v) is 4.10. The van der Waals surface area contributed by atoms with E-state index in [1.54, 1.807) is 12.1 Å². The number of fused-ring (bicyclic) bond motifs is 1. The minimum absolute atomic E-state index is 0.121. The van der Waals surface area contributed by atoms with Gasteiger partial charge in [0, 0.05) is 43.8 Å². The largest absolute Gasteiger partial charge is 0.493 e. The number of likely N-dealkylation sites (N-methyl/N-ethyl adjacent to an activating group) is 1. The van der Waals surface area contributed by atoms with Crippen LogP contribution in [-0.2, 0) is 12.7 Å². The third-order valence-electron chi connectivity index (χ3n) is 6.17. The maximum Gasteiger partial charge on any atom is 0.418 e. The first-order valence-corrected chi connectivity index (χ1v) is 12.0. The number of ether oxygens (including phenoxy) is 2. The molecule has 1 aromatic carbocycles. The Hall–Kier alpha value is -3.11. The van der Waals surface area contributed by atoms with Gasteiger partial charge in [-0.05, 0) is 44.5 Å². The quantitative estimate of drug-likeness (QED) is 0.374. The highest BCUT2D eigenvalue weighted by Crippen LogP contribution is 2.36. The minimum Gasteiger partial charge on any atom is -0.493 e. The minimum atomic E-state index is -4.48. The maximum absolute atomic E-state index is 13.2. The molecule has 1 aliphatic heterocycles. The van der Waals surface area contributed by atoms with Gasteiger partial charge in [0.25, 0.3) is 0 Å². The second-order valence-corrected chi connectivity index (χ2v) is 8.92. The van der Waals surface area contributed by atoms with Gasteiger partial charge < -0.3 is 18.8 Å². The number of benzene rings is 1. The molecule has 0 spiro atoms. The molecule has 2 aromatic heterocycles. The summed E-state index contributed by atoms with van der Waals surface area (Å²) in [4.78, 5) is 20.8. The Labute approximate surface area is 207 Å². The van der Waals surface area contributed by atoms with Gasteiger partial charge in [-0.2, -0.15) is 13.2 Å². The van der Waals surface area contributed by atoms with E-state index in [0.29, 0.717) is 49.5 Å². The van der Waals surface area contributed by atoms with E-state index in [4.69, 9.17) is 13.9 Å². The molecule has 4 rings (SSSR count). The van der Waals surface area contributed by atoms with Crippen LogP contribution in [0.5, 0.6) is 11.5 Å². The van der Waals surface area contributed by atoms with Crippen LogP contribution in [0.2, 0.25) is 0 Å². The lowest BCUT2D eigenvalue weighted by Gasteiger charge is -2.31. The van der Waals surface area contributed by atoms with E-state index in [-0.39, 0.29) is 16.7 Å². The molecule has 1 saturated heterocycles. The van der Waals surface area contributed by atoms with E-state index in [0.717, 1.165) is 38.7 Å². The van der Waals surface area contributed by atoms with Crippen molar-refractivity contribution in [1.29, 1.82) is 0 Å². The predicted molar refractivity (Wildman–Crippen MR) is 129 cm³/mol. The molecule has 36 heavy (non-hydrogen) atoms. The number of piperazine rings is 1. The molecule has 3 heterocycles. The van der Waals surface area contributed by atoms with E-state index in [2.05, 4.69) is 21.8 Å². The number of halogens is 3. The van der Waals surface area contributed by atoms with Gasteiger partial charge in [-0.1, -0.05) is 6.07 Å². The third kappa shape index (κ3) is 6.76. The zero-order valence-corrected chi connectivity index (χ0v) is 20.2. The van der Waals surface area contributed by atoms with Gasteiger partial charge in [0.15, 0.2) is 0 Å². The first-order chi connectivity index (χ1) is 17.3. The predicted octanol–water partition coefficient (Wildman–Crippen LogP) is 4.58. The van der Waals surface area contributed by atoms with Gasteiger partial charge in [-0.3, -0.25) is 14.7 Å². The van der Waals surface area contributed by atoms with Crippen molar-refractivity contribution in [3.8, 4) is 11.5 Å². The molecule has 0 amide bonds. The SMILES string of the molecule is CN1CCN(Cc2cc(=O)c(OCCCCCOc3ccnc4c(C(F)(F)F)cccc34)co2)CC1. The van der Waals surface area contributed by atoms with E-state index in [1.165, 1.54) is 24.6 Å². The molecule has 0 N–H and O–H groups in total. The number of unbranched alkanes of at least 4 members (excludes halogenated alkanes) is 2. The molecule has 7 nitrogen and oxygen atoms in total. The summed E-state index contributed by atoms with van der Waals surface area (Å²) < 4.78 is 56.6. The number of nitrogens with zero attached hydrogens (tertiary/aromatic N) is 3. The second kappa shape index (κ2) is 11.7. The van der Waals surface area contributed by atoms with Crippen molar-refractivity contribution >= 4 is 10.9 Å². The molecule has 3 aromatic rings. The van der Waals surface area contributed by atoms with Gasteiger partial charge in [-0.25, -0.2) is 0 Å². The highest BCUT2D eigenvalue weighted by Gasteiger charge is 2.33. The van der Waals surface area contributed by atoms with E-state index in [9.17, 15) is 18.0 Å². The Morgan fingerprint density at radius 2 is 1.72 bits per heavy atom. The Kier molecular flexibility index (Phi) is 8.48. The Morgan fingerprint density at radius 3 is 2.42 bits per heavy atom. The molecule has 0 bridgehead atoms. The molecular weight excluding hydrogens is 475 g/mol. The standard InChI is InChI=1S/C26H30F3N3O4/c1-31-10-12-32(13-11-31)17-19-16-22(33)24(18-36-19)35-15-4-2-3-14-34-23-8-9-30-25-20(23)6-5-7-21(25)26(27,28)29/h5-9,16,18H,2-4,10-15,17H2,1H3. The van der Waals surface area contributed by atoms with Crippen LogP contribution in [0.4, 0.5) is 13.2 Å². The van der Waals surface area contributed by atoms with Crippen LogP contribution in [0.25, 0.3) is 10.9 Å². The van der Waals surface area contributed by atoms with Crippen LogP contribution in [-0.4, -0.2) is 61.2 Å². The lowest BCUT2D eigenvalue weighted by molar-refractivity contribution is -0.136. The molecular formula is C26H30F3N3O4. The number of para-hydroxylation sites is 1. The summed E-state index contributed by atoms with van der Waals surface area (Å²) in [6.45, 7) is 5.17. The van der Waals surface area contributed by atoms with E-state index < -0.39 is 11.7 Å². The van der Waals surface area contributed by atoms with Gasteiger partial charge in [0.2, 0.25) is 11.2 Å². The third-order valence-corrected chi connectivity index (χ3v) is 6.17. The Bertz CT molecular complexity index is 1210. The summed E-state index contributed by atoms with van der Waals surface area (Å²) in [7, 11) is 2.09. The van der Waals surface area contributed by atoms with E-state index in [1.807, 2.05) is 0 Å². The Balaban J connectivity index is 1.19. The second-order valence-electron chi connectivity index (χ2n) is 8.92. The summed E-state index contributed by atoms with van der Waals surface area (Å²) >= 11 is 0. The average molecular weight is 506 g/mol. The van der Waals surface area contributed by atoms with Crippen molar-refractivity contribution in [2.24, 2.45) is 0 Å². The molecule has 10 heteroatoms. The van der Waals surface area contributed by atoms with Crippen molar-refractivity contribution in [3.63, 3.8) is 0 Å². The summed E-state index contributed by atoms with van der Waals surface area (Å²) in [5, 5.41) is 0.332. The van der Waals surface area contributed by atoms with Crippen LogP contribution >= 0.6 is 0 Å². The fraction of sp³-hybridized carbons (Fsp3) is 0.462. The van der Waals surface area contributed by atoms with Gasteiger partial charge in [0.05, 0.1) is 30.8 Å². The highest BCUT2D eigenvalue weighted by atomic mass is 19.4. The van der Waals surface area contributed by atoms with Crippen LogP contribution < -0.4 is 14.9 Å². The number of hydrogen-bond donors (Lipinski definition) is 0. The molecule has 0 atom stereocenters. The van der Waals surface area contributed by atoms with E-state index >= 15 is 0 Å². The van der Waals surface area contributed by atoms with Crippen molar-refractivity contribution in [2.75, 3.05) is 46.4 Å². The lowest BCUT2D eigenvalue weighted by Crippen LogP contribution is -2.43. The highest BCUT2D eigenvalue weighted by molar-refractivity contribution is 5.87. The lowest BCUT2D eigenvalue weighted by atomic mass is 10.1. The monoisotopic (exact) mass is 505 g/mol. The van der Waals surface area contributed by atoms with Crippen molar-refractivity contribution < 1.29 is 27.1 Å². The summed E-state index contributed by atoms with van der Waals surface area (Å²) in [5.74, 6) is 1.19. The van der Waals surface area contributed by atoms with Crippen molar-refractivity contribution in [1.82, 2.24) is 14.8 Å². The fourth-order valence-electron chi connectivity index (χ4n) is 4.10. The molecule has 1 aliphatic rings. The smallest absolute Gasteiger partial charge is 0.418 e. The van der Waals surface area contributed by atoms with Crippen molar-refractivity contribution in [3.05, 3.63) is 64.3 Å². The normalized spacial score (nSPS) is 15.3. The number of aromatic nitrogens is 1. The molecule has 0 radical (unpaired) electrons. The first kappa shape index (κ1) is 26.0. The molecule has 0 saturated carbocycles. The molecule has 1 fully saturated rings. The van der Waals surface area contributed by atoms with Crippen LogP contribution in [0.15, 0.2) is 52.0 Å². The molecule has 0 unspecified atom stereocenters. The zero-order chi connectivity index (χ0) is 25.5. The maximum atomic E-state index is 13.2. The summed E-state index contributed by atoms with van der Waals surface area (Å²) in [6.07, 6.45) is 0.367. The van der Waals surface area contributed by atoms with Crippen LogP contribution in [0, 0.1) is 0 Å². The topological polar surface area (TPSA) is 68.0 Å². The van der Waals surface area contributed by atoms with Gasteiger partial charge >= 0.3 is 6.18 Å². The summed E-state index contributed by atoms with van der Waals surface area (Å²) in [6, 6.07) is 7.00. The van der Waals surface area contributed by atoms with Gasteiger partial charge in [0.1, 0.15) is 17.8 Å². The number of hydrogen-bond acceptors (Lipinski definition) is 7. The number of alkyl halides is 3. The first-order valence-electron chi connectivity index (χ1n) is 12.0. The average Bonchev–Trinajstić information content (AvgIpc) is 2.85. The Morgan fingerprint density at radius 1 is 1.00 bits per heavy atom. The van der Waals surface area contributed by atoms with Crippen LogP contribution in [0.3, 0.4) is 0 Å². The summed E-state index contributed by atoms with van der Waals surface area (Å²) in [5.41, 5.74) is -1.10. The van der Waals surface area contributed by atoms with Crippen molar-refractivity contribution in [2.45, 2.75) is 32.0 Å². The van der Waals surface area contributed by atoms with Crippen LogP contribution in [0.1, 0.15) is 30.6 Å².